The van der Waals surface area contributed by atoms with Gasteiger partial charge in [0.15, 0.2) is 6.61 Å². The van der Waals surface area contributed by atoms with Crippen molar-refractivity contribution in [2.45, 2.75) is 33.1 Å². The lowest BCUT2D eigenvalue weighted by Gasteiger charge is -2.09. The van der Waals surface area contributed by atoms with Crippen LogP contribution in [0, 0.1) is 0 Å². The van der Waals surface area contributed by atoms with Crippen molar-refractivity contribution in [2.75, 3.05) is 31.7 Å². The Morgan fingerprint density at radius 3 is 2.31 bits per heavy atom. The van der Waals surface area contributed by atoms with E-state index in [0.29, 0.717) is 24.5 Å². The van der Waals surface area contributed by atoms with Crippen LogP contribution in [0.25, 0.3) is 0 Å². The summed E-state index contributed by atoms with van der Waals surface area (Å²) < 4.78 is 15.4. The van der Waals surface area contributed by atoms with Gasteiger partial charge in [-0.1, -0.05) is 25.5 Å². The summed E-state index contributed by atoms with van der Waals surface area (Å²) in [6, 6.07) is 14.5. The summed E-state index contributed by atoms with van der Waals surface area (Å²) in [5.74, 6) is -0.175. The van der Waals surface area contributed by atoms with Crippen LogP contribution in [0.15, 0.2) is 48.5 Å². The molecule has 0 aliphatic rings. The van der Waals surface area contributed by atoms with Gasteiger partial charge in [-0.2, -0.15) is 0 Å². The van der Waals surface area contributed by atoms with E-state index in [9.17, 15) is 9.59 Å². The van der Waals surface area contributed by atoms with E-state index in [2.05, 4.69) is 12.2 Å². The number of anilines is 1. The number of unbranched alkanes of at least 4 members (excludes halogenated alkanes) is 1. The van der Waals surface area contributed by atoms with Crippen molar-refractivity contribution in [3.05, 3.63) is 59.7 Å². The van der Waals surface area contributed by atoms with Crippen LogP contribution in [0.2, 0.25) is 0 Å². The first-order chi connectivity index (χ1) is 14.1. The molecule has 156 valence electrons. The van der Waals surface area contributed by atoms with Crippen molar-refractivity contribution in [3.8, 4) is 5.75 Å². The Morgan fingerprint density at radius 2 is 1.66 bits per heavy atom. The fraction of sp³-hybridized carbons (Fsp3) is 0.391. The second-order valence-corrected chi connectivity index (χ2v) is 6.49. The first-order valence-corrected chi connectivity index (χ1v) is 9.99. The van der Waals surface area contributed by atoms with Gasteiger partial charge in [-0.25, -0.2) is 4.79 Å². The zero-order valence-corrected chi connectivity index (χ0v) is 17.1. The minimum atomic E-state index is -0.464. The second kappa shape index (κ2) is 12.6. The van der Waals surface area contributed by atoms with Gasteiger partial charge in [-0.15, -0.1) is 0 Å². The highest BCUT2D eigenvalue weighted by Gasteiger charge is 2.08. The van der Waals surface area contributed by atoms with Gasteiger partial charge in [0.05, 0.1) is 6.61 Å². The van der Waals surface area contributed by atoms with E-state index in [0.717, 1.165) is 24.9 Å². The lowest BCUT2D eigenvalue weighted by Crippen LogP contribution is -2.17. The topological polar surface area (TPSA) is 73.9 Å². The Labute approximate surface area is 172 Å². The number of carbonyl (C=O) groups is 2. The summed E-state index contributed by atoms with van der Waals surface area (Å²) in [7, 11) is 0. The highest BCUT2D eigenvalue weighted by molar-refractivity contribution is 6.04. The van der Waals surface area contributed by atoms with E-state index in [4.69, 9.17) is 14.2 Å². The normalized spacial score (nSPS) is 10.4. The van der Waals surface area contributed by atoms with Gasteiger partial charge >= 0.3 is 5.97 Å². The van der Waals surface area contributed by atoms with Crippen LogP contribution >= 0.6 is 0 Å². The molecule has 0 aromatic heterocycles. The molecule has 0 fully saturated rings. The molecule has 0 unspecified atom stereocenters. The van der Waals surface area contributed by atoms with Crippen LogP contribution in [-0.4, -0.2) is 38.3 Å². The van der Waals surface area contributed by atoms with E-state index < -0.39 is 5.97 Å². The highest BCUT2D eigenvalue weighted by atomic mass is 16.6. The van der Waals surface area contributed by atoms with Gasteiger partial charge in [0.1, 0.15) is 12.4 Å². The van der Waals surface area contributed by atoms with Gasteiger partial charge in [-0.05, 0) is 61.7 Å². The molecule has 2 aromatic rings. The first kappa shape index (κ1) is 22.4. The molecule has 0 spiro atoms. The number of amides is 1. The molecule has 6 nitrogen and oxygen atoms in total. The van der Waals surface area contributed by atoms with E-state index in [1.807, 2.05) is 31.2 Å². The Balaban J connectivity index is 1.78. The predicted molar refractivity (Wildman–Crippen MR) is 112 cm³/mol. The Morgan fingerprint density at radius 1 is 0.931 bits per heavy atom. The minimum Gasteiger partial charge on any atom is -0.482 e. The van der Waals surface area contributed by atoms with Crippen LogP contribution in [0.5, 0.6) is 5.75 Å². The molecule has 6 heteroatoms. The Kier molecular flexibility index (Phi) is 9.72. The number of rotatable bonds is 12. The third kappa shape index (κ3) is 8.35. The van der Waals surface area contributed by atoms with Crippen LogP contribution in [-0.2, 0) is 20.7 Å². The van der Waals surface area contributed by atoms with E-state index >= 15 is 0 Å². The second-order valence-electron chi connectivity index (χ2n) is 6.49. The van der Waals surface area contributed by atoms with Gasteiger partial charge in [0.25, 0.3) is 5.91 Å². The lowest BCUT2D eigenvalue weighted by atomic mass is 10.1. The number of esters is 1. The number of nitrogens with one attached hydrogen (secondary N) is 1. The van der Waals surface area contributed by atoms with E-state index in [-0.39, 0.29) is 19.1 Å². The Bertz CT molecular complexity index is 756. The predicted octanol–water partition coefficient (Wildman–Crippen LogP) is 4.24. The fourth-order valence-corrected chi connectivity index (χ4v) is 2.58. The van der Waals surface area contributed by atoms with Gasteiger partial charge in [0, 0.05) is 17.9 Å². The summed E-state index contributed by atoms with van der Waals surface area (Å²) in [6.07, 6.45) is 3.37. The molecular weight excluding hydrogens is 370 g/mol. The molecule has 0 atom stereocenters. The molecule has 2 rings (SSSR count). The third-order valence-electron chi connectivity index (χ3n) is 4.20. The molecule has 1 amide bonds. The number of benzene rings is 2. The maximum absolute atomic E-state index is 12.4. The SMILES string of the molecule is CCCCc1ccc(NC(=O)c2ccc(OCC(=O)OCCOCC)cc2)cc1. The molecule has 0 radical (unpaired) electrons. The average molecular weight is 399 g/mol. The molecule has 0 saturated heterocycles. The number of hydrogen-bond acceptors (Lipinski definition) is 5. The molecule has 1 N–H and O–H groups in total. The highest BCUT2D eigenvalue weighted by Crippen LogP contribution is 2.16. The monoisotopic (exact) mass is 399 g/mol. The molecule has 2 aromatic carbocycles. The largest absolute Gasteiger partial charge is 0.482 e. The van der Waals surface area contributed by atoms with Crippen molar-refractivity contribution in [1.29, 1.82) is 0 Å². The van der Waals surface area contributed by atoms with Crippen molar-refractivity contribution in [2.24, 2.45) is 0 Å². The smallest absolute Gasteiger partial charge is 0.344 e. The standard InChI is InChI=1S/C23H29NO5/c1-3-5-6-18-7-11-20(12-8-18)24-23(26)19-9-13-21(14-10-19)29-17-22(25)28-16-15-27-4-2/h7-14H,3-6,15-17H2,1-2H3,(H,24,26). The number of aryl methyl sites for hydroxylation is 1. The molecule has 0 aliphatic heterocycles. The van der Waals surface area contributed by atoms with Gasteiger partial charge in [-0.3, -0.25) is 4.79 Å². The summed E-state index contributed by atoms with van der Waals surface area (Å²) in [6.45, 7) is 5.00. The zero-order chi connectivity index (χ0) is 20.9. The summed E-state index contributed by atoms with van der Waals surface area (Å²) in [5, 5.41) is 2.88. The summed E-state index contributed by atoms with van der Waals surface area (Å²) in [4.78, 5) is 24.0. The molecule has 29 heavy (non-hydrogen) atoms. The summed E-state index contributed by atoms with van der Waals surface area (Å²) >= 11 is 0. The van der Waals surface area contributed by atoms with Crippen LogP contribution in [0.3, 0.4) is 0 Å². The van der Waals surface area contributed by atoms with Crippen molar-refractivity contribution >= 4 is 17.6 Å². The van der Waals surface area contributed by atoms with Crippen molar-refractivity contribution in [1.82, 2.24) is 0 Å². The van der Waals surface area contributed by atoms with Crippen LogP contribution in [0.1, 0.15) is 42.6 Å². The summed E-state index contributed by atoms with van der Waals surface area (Å²) in [5.41, 5.74) is 2.53. The van der Waals surface area contributed by atoms with Gasteiger partial charge < -0.3 is 19.5 Å². The maximum atomic E-state index is 12.4. The van der Waals surface area contributed by atoms with Crippen molar-refractivity contribution < 1.29 is 23.8 Å². The zero-order valence-electron chi connectivity index (χ0n) is 17.1. The third-order valence-corrected chi connectivity index (χ3v) is 4.20. The first-order valence-electron chi connectivity index (χ1n) is 9.99. The van der Waals surface area contributed by atoms with E-state index in [1.165, 1.54) is 5.56 Å². The molecule has 0 saturated carbocycles. The number of carbonyl (C=O) groups excluding carboxylic acids is 2. The van der Waals surface area contributed by atoms with Crippen LogP contribution in [0.4, 0.5) is 5.69 Å². The number of ether oxygens (including phenoxy) is 3. The lowest BCUT2D eigenvalue weighted by molar-refractivity contribution is -0.147. The molecular formula is C23H29NO5. The minimum absolute atomic E-state index is 0.192. The average Bonchev–Trinajstić information content (AvgIpc) is 2.75. The number of hydrogen-bond donors (Lipinski definition) is 1. The molecule has 0 heterocycles. The fourth-order valence-electron chi connectivity index (χ4n) is 2.58. The molecule has 0 bridgehead atoms. The maximum Gasteiger partial charge on any atom is 0.344 e. The van der Waals surface area contributed by atoms with Crippen molar-refractivity contribution in [3.63, 3.8) is 0 Å². The van der Waals surface area contributed by atoms with Crippen LogP contribution < -0.4 is 10.1 Å². The molecule has 0 aliphatic carbocycles. The quantitative estimate of drug-likeness (QED) is 0.427. The Hall–Kier alpha value is -2.86. The van der Waals surface area contributed by atoms with Gasteiger partial charge in [0.2, 0.25) is 0 Å². The van der Waals surface area contributed by atoms with E-state index in [1.54, 1.807) is 24.3 Å².